The first-order valence-corrected chi connectivity index (χ1v) is 15.4. The van der Waals surface area contributed by atoms with Crippen LogP contribution in [0.25, 0.3) is 0 Å². The smallest absolute Gasteiger partial charge is 0.311 e. The molecule has 0 aliphatic carbocycles. The minimum absolute atomic E-state index is 0.0894. The number of hydrogen-bond acceptors (Lipinski definition) is 10. The van der Waals surface area contributed by atoms with Crippen molar-refractivity contribution in [2.75, 3.05) is 27.7 Å². The minimum Gasteiger partial charge on any atom is -0.459 e. The number of ether oxygens (including phenoxy) is 3. The summed E-state index contributed by atoms with van der Waals surface area (Å²) in [6, 6.07) is 0.0362. The molecular formula is C31H60N2O8. The zero-order valence-electron chi connectivity index (χ0n) is 27.6. The van der Waals surface area contributed by atoms with Crippen LogP contribution in [0.2, 0.25) is 0 Å². The van der Waals surface area contributed by atoms with Crippen LogP contribution in [0.15, 0.2) is 0 Å². The van der Waals surface area contributed by atoms with Gasteiger partial charge in [0.15, 0.2) is 6.29 Å². The molecule has 2 saturated heterocycles. The summed E-state index contributed by atoms with van der Waals surface area (Å²) in [6.45, 7) is 16.7. The molecule has 0 bridgehead atoms. The average molecular weight is 589 g/mol. The van der Waals surface area contributed by atoms with E-state index in [2.05, 4.69) is 11.8 Å². The highest BCUT2D eigenvalue weighted by Crippen LogP contribution is 2.36. The van der Waals surface area contributed by atoms with E-state index >= 15 is 0 Å². The number of aliphatic hydroxyl groups is 4. The van der Waals surface area contributed by atoms with Crippen molar-refractivity contribution in [2.45, 2.75) is 142 Å². The number of aliphatic hydroxyl groups excluding tert-OH is 2. The molecule has 10 nitrogen and oxygen atoms in total. The number of cyclic esters (lactones) is 1. The predicted molar refractivity (Wildman–Crippen MR) is 158 cm³/mol. The molecule has 242 valence electrons. The monoisotopic (exact) mass is 588 g/mol. The molecule has 2 unspecified atom stereocenters. The lowest BCUT2D eigenvalue weighted by molar-refractivity contribution is -0.259. The van der Waals surface area contributed by atoms with Crippen LogP contribution in [0.5, 0.6) is 0 Å². The number of rotatable bonds is 4. The van der Waals surface area contributed by atoms with Gasteiger partial charge in [-0.25, -0.2) is 0 Å². The summed E-state index contributed by atoms with van der Waals surface area (Å²) in [5.41, 5.74) is -3.20. The SMILES string of the molecule is CC[C@H]1OC(=O)[C@H](C)[C@@H](O[C@H]2CC(N(C)C)[C@H](C)C(C)O2)[C@H](C)[C@@H](O)[C@](C)(O)C[C@@H](C)N(C)C[C@H](C)[C@@H](O)[C@]1(C)O. The Morgan fingerprint density at radius 2 is 1.61 bits per heavy atom. The molecule has 2 rings (SSSR count). The van der Waals surface area contributed by atoms with Gasteiger partial charge in [0.1, 0.15) is 11.7 Å². The van der Waals surface area contributed by atoms with Gasteiger partial charge in [-0.1, -0.05) is 27.7 Å². The molecule has 2 fully saturated rings. The van der Waals surface area contributed by atoms with E-state index in [0.29, 0.717) is 19.4 Å². The zero-order chi connectivity index (χ0) is 31.6. The minimum atomic E-state index is -1.70. The molecule has 0 aromatic rings. The fraction of sp³-hybridized carbons (Fsp3) is 0.968. The first-order chi connectivity index (χ1) is 18.8. The van der Waals surface area contributed by atoms with Gasteiger partial charge in [0.05, 0.1) is 35.9 Å². The van der Waals surface area contributed by atoms with Gasteiger partial charge in [0.2, 0.25) is 0 Å². The summed E-state index contributed by atoms with van der Waals surface area (Å²) in [5.74, 6) is -2.24. The van der Waals surface area contributed by atoms with Crippen molar-refractivity contribution in [2.24, 2.45) is 23.7 Å². The first-order valence-electron chi connectivity index (χ1n) is 15.4. The molecule has 0 aromatic carbocycles. The van der Waals surface area contributed by atoms with Crippen LogP contribution >= 0.6 is 0 Å². The molecule has 0 amide bonds. The van der Waals surface area contributed by atoms with Crippen LogP contribution in [-0.4, -0.2) is 124 Å². The molecule has 2 aliphatic heterocycles. The second-order valence-corrected chi connectivity index (χ2v) is 13.9. The van der Waals surface area contributed by atoms with Crippen LogP contribution in [0, 0.1) is 23.7 Å². The van der Waals surface area contributed by atoms with Gasteiger partial charge < -0.3 is 44.4 Å². The Kier molecular flexibility index (Phi) is 12.7. The van der Waals surface area contributed by atoms with E-state index in [-0.39, 0.29) is 36.4 Å². The maximum atomic E-state index is 13.7. The lowest BCUT2D eigenvalue weighted by atomic mass is 9.79. The maximum Gasteiger partial charge on any atom is 0.311 e. The number of nitrogens with zero attached hydrogens (tertiary/aromatic N) is 2. The van der Waals surface area contributed by atoms with Crippen molar-refractivity contribution in [1.29, 1.82) is 0 Å². The highest BCUT2D eigenvalue weighted by Gasteiger charge is 2.48. The van der Waals surface area contributed by atoms with Gasteiger partial charge in [0.25, 0.3) is 0 Å². The third-order valence-electron chi connectivity index (χ3n) is 10.1. The molecule has 41 heavy (non-hydrogen) atoms. The summed E-state index contributed by atoms with van der Waals surface area (Å²) < 4.78 is 18.7. The Morgan fingerprint density at radius 3 is 2.15 bits per heavy atom. The van der Waals surface area contributed by atoms with E-state index < -0.39 is 59.7 Å². The van der Waals surface area contributed by atoms with Gasteiger partial charge in [-0.05, 0) is 80.4 Å². The Hall–Kier alpha value is -0.850. The predicted octanol–water partition coefficient (Wildman–Crippen LogP) is 2.25. The summed E-state index contributed by atoms with van der Waals surface area (Å²) in [5, 5.41) is 45.7. The molecule has 14 atom stereocenters. The lowest BCUT2D eigenvalue weighted by Gasteiger charge is -2.45. The van der Waals surface area contributed by atoms with E-state index in [0.717, 1.165) is 0 Å². The molecule has 0 aromatic heterocycles. The third-order valence-corrected chi connectivity index (χ3v) is 10.1. The normalized spacial score (nSPS) is 48.4. The second kappa shape index (κ2) is 14.3. The van der Waals surface area contributed by atoms with Crippen LogP contribution in [-0.2, 0) is 19.0 Å². The van der Waals surface area contributed by atoms with Crippen molar-refractivity contribution in [3.63, 3.8) is 0 Å². The summed E-state index contributed by atoms with van der Waals surface area (Å²) in [4.78, 5) is 17.8. The highest BCUT2D eigenvalue weighted by molar-refractivity contribution is 5.73. The first kappa shape index (κ1) is 36.3. The second-order valence-electron chi connectivity index (χ2n) is 13.9. The lowest BCUT2D eigenvalue weighted by Crippen LogP contribution is -2.56. The zero-order valence-corrected chi connectivity index (χ0v) is 27.6. The van der Waals surface area contributed by atoms with Gasteiger partial charge in [0, 0.05) is 31.0 Å². The Bertz CT molecular complexity index is 839. The van der Waals surface area contributed by atoms with Gasteiger partial charge in [-0.15, -0.1) is 0 Å². The molecule has 0 radical (unpaired) electrons. The largest absolute Gasteiger partial charge is 0.459 e. The molecule has 10 heteroatoms. The average Bonchev–Trinajstić information content (AvgIpc) is 2.88. The fourth-order valence-corrected chi connectivity index (χ4v) is 6.90. The van der Waals surface area contributed by atoms with Gasteiger partial charge >= 0.3 is 5.97 Å². The van der Waals surface area contributed by atoms with E-state index in [4.69, 9.17) is 14.2 Å². The summed E-state index contributed by atoms with van der Waals surface area (Å²) >= 11 is 0. The molecule has 0 saturated carbocycles. The van der Waals surface area contributed by atoms with Gasteiger partial charge in [-0.2, -0.15) is 0 Å². The molecule has 4 N–H and O–H groups in total. The molecule has 0 spiro atoms. The number of esters is 1. The van der Waals surface area contributed by atoms with Crippen molar-refractivity contribution < 1.29 is 39.4 Å². The molecule has 2 aliphatic rings. The van der Waals surface area contributed by atoms with Crippen LogP contribution in [0.3, 0.4) is 0 Å². The fourth-order valence-electron chi connectivity index (χ4n) is 6.90. The summed E-state index contributed by atoms with van der Waals surface area (Å²) in [6.07, 6.45) is -3.81. The quantitative estimate of drug-likeness (QED) is 0.363. The number of carbonyl (C=O) groups is 1. The van der Waals surface area contributed by atoms with Crippen molar-refractivity contribution in [1.82, 2.24) is 9.80 Å². The van der Waals surface area contributed by atoms with Crippen molar-refractivity contribution in [3.8, 4) is 0 Å². The Labute approximate surface area is 248 Å². The van der Waals surface area contributed by atoms with E-state index in [1.165, 1.54) is 6.92 Å². The summed E-state index contributed by atoms with van der Waals surface area (Å²) in [7, 11) is 5.93. The highest BCUT2D eigenvalue weighted by atomic mass is 16.7. The van der Waals surface area contributed by atoms with E-state index in [9.17, 15) is 25.2 Å². The molecular weight excluding hydrogens is 528 g/mol. The van der Waals surface area contributed by atoms with Crippen molar-refractivity contribution >= 4 is 5.97 Å². The van der Waals surface area contributed by atoms with Crippen molar-refractivity contribution in [3.05, 3.63) is 0 Å². The van der Waals surface area contributed by atoms with E-state index in [1.807, 2.05) is 46.8 Å². The van der Waals surface area contributed by atoms with Gasteiger partial charge in [-0.3, -0.25) is 4.79 Å². The Balaban J connectivity index is 2.52. The van der Waals surface area contributed by atoms with Crippen LogP contribution < -0.4 is 0 Å². The van der Waals surface area contributed by atoms with E-state index in [1.54, 1.807) is 27.7 Å². The number of carbonyl (C=O) groups excluding carboxylic acids is 1. The third kappa shape index (κ3) is 8.41. The number of hydrogen-bond donors (Lipinski definition) is 4. The van der Waals surface area contributed by atoms with Crippen LogP contribution in [0.1, 0.15) is 81.6 Å². The topological polar surface area (TPSA) is 132 Å². The van der Waals surface area contributed by atoms with Crippen LogP contribution in [0.4, 0.5) is 0 Å². The molecule has 2 heterocycles. The Morgan fingerprint density at radius 1 is 1.02 bits per heavy atom. The maximum absolute atomic E-state index is 13.7. The standard InChI is InChI=1S/C31H60N2O8/c1-13-24-31(9,38)27(34)17(2)16-33(12)18(3)15-30(8,37)28(35)20(5)26(21(6)29(36)40-24)41-25-14-23(32(10)11)19(4)22(7)39-25/h17-28,34-35,37-38H,13-16H2,1-12H3/t17-,18+,19+,20-,21+,22?,23?,24+,25-,26-,27+,28+,30+,31+/m0/s1.